The second kappa shape index (κ2) is 8.70. The molecule has 0 bridgehead atoms. The van der Waals surface area contributed by atoms with E-state index in [1.807, 2.05) is 0 Å². The van der Waals surface area contributed by atoms with Crippen LogP contribution in [0.2, 0.25) is 5.02 Å². The Kier molecular flexibility index (Phi) is 6.79. The van der Waals surface area contributed by atoms with Gasteiger partial charge in [0.15, 0.2) is 11.5 Å². The van der Waals surface area contributed by atoms with Crippen LogP contribution < -0.4 is 19.1 Å². The van der Waals surface area contributed by atoms with Crippen LogP contribution >= 0.6 is 11.6 Å². The Morgan fingerprint density at radius 2 is 1.79 bits per heavy atom. The minimum Gasteiger partial charge on any atom is -0.493 e. The zero-order chi connectivity index (χ0) is 21.1. The van der Waals surface area contributed by atoms with E-state index in [0.717, 1.165) is 10.6 Å². The van der Waals surface area contributed by atoms with Crippen molar-refractivity contribution in [1.29, 1.82) is 0 Å². The lowest BCUT2D eigenvalue weighted by molar-refractivity contribution is -0.116. The lowest BCUT2D eigenvalue weighted by atomic mass is 10.2. The molecule has 0 aliphatic rings. The van der Waals surface area contributed by atoms with Crippen LogP contribution in [0.3, 0.4) is 0 Å². The van der Waals surface area contributed by atoms with Gasteiger partial charge in [0.25, 0.3) is 0 Å². The number of carbonyl (C=O) groups is 1. The third kappa shape index (κ3) is 4.69. The van der Waals surface area contributed by atoms with Gasteiger partial charge in [0.2, 0.25) is 15.9 Å². The largest absolute Gasteiger partial charge is 0.493 e. The molecule has 28 heavy (non-hydrogen) atoms. The molecule has 0 aliphatic carbocycles. The monoisotopic (exact) mass is 426 g/mol. The first-order chi connectivity index (χ1) is 13.1. The Morgan fingerprint density at radius 1 is 1.14 bits per heavy atom. The molecule has 0 aromatic heterocycles. The molecule has 1 amide bonds. The number of methoxy groups -OCH3 is 2. The van der Waals surface area contributed by atoms with Gasteiger partial charge in [-0.1, -0.05) is 17.7 Å². The summed E-state index contributed by atoms with van der Waals surface area (Å²) in [5.41, 5.74) is 1.50. The molecule has 0 aliphatic heterocycles. The molecule has 2 aromatic carbocycles. The van der Waals surface area contributed by atoms with E-state index in [1.54, 1.807) is 37.3 Å². The molecule has 7 nitrogen and oxygen atoms in total. The fourth-order valence-electron chi connectivity index (χ4n) is 2.75. The highest BCUT2D eigenvalue weighted by Crippen LogP contribution is 2.33. The maximum atomic E-state index is 12.8. The van der Waals surface area contributed by atoms with Gasteiger partial charge in [-0.2, -0.15) is 0 Å². The van der Waals surface area contributed by atoms with Crippen molar-refractivity contribution in [2.75, 3.05) is 30.1 Å². The van der Waals surface area contributed by atoms with Crippen LogP contribution in [-0.2, 0) is 14.8 Å². The van der Waals surface area contributed by atoms with Crippen LogP contribution in [-0.4, -0.2) is 40.8 Å². The third-order valence-corrected chi connectivity index (χ3v) is 5.89. The average Bonchev–Trinajstić information content (AvgIpc) is 2.64. The second-order valence-corrected chi connectivity index (χ2v) is 8.44. The third-order valence-electron chi connectivity index (χ3n) is 4.24. The SMILES string of the molecule is COc1ccc(N([C@H](C)C(=O)Nc2cccc(Cl)c2C)S(C)(=O)=O)cc1OC. The number of hydrogen-bond acceptors (Lipinski definition) is 5. The van der Waals surface area contributed by atoms with Gasteiger partial charge in [-0.3, -0.25) is 9.10 Å². The molecule has 9 heteroatoms. The summed E-state index contributed by atoms with van der Waals surface area (Å²) in [5.74, 6) is 0.309. The van der Waals surface area contributed by atoms with E-state index in [2.05, 4.69) is 5.32 Å². The Morgan fingerprint density at radius 3 is 2.36 bits per heavy atom. The van der Waals surface area contributed by atoms with Gasteiger partial charge in [-0.25, -0.2) is 8.42 Å². The number of nitrogens with zero attached hydrogens (tertiary/aromatic N) is 1. The molecule has 0 saturated heterocycles. The highest BCUT2D eigenvalue weighted by Gasteiger charge is 2.30. The molecule has 1 atom stereocenters. The smallest absolute Gasteiger partial charge is 0.248 e. The molecule has 1 N–H and O–H groups in total. The van der Waals surface area contributed by atoms with Gasteiger partial charge in [-0.05, 0) is 43.7 Å². The number of benzene rings is 2. The molecule has 0 fully saturated rings. The molecular formula is C19H23ClN2O5S. The van der Waals surface area contributed by atoms with E-state index in [1.165, 1.54) is 27.2 Å². The summed E-state index contributed by atoms with van der Waals surface area (Å²) in [7, 11) is -0.837. The Balaban J connectivity index is 2.40. The number of carbonyl (C=O) groups excluding carboxylic acids is 1. The van der Waals surface area contributed by atoms with E-state index in [4.69, 9.17) is 21.1 Å². The van der Waals surface area contributed by atoms with Crippen LogP contribution in [0.1, 0.15) is 12.5 Å². The summed E-state index contributed by atoms with van der Waals surface area (Å²) in [6.45, 7) is 3.28. The van der Waals surface area contributed by atoms with Crippen LogP contribution in [0.4, 0.5) is 11.4 Å². The van der Waals surface area contributed by atoms with E-state index in [0.29, 0.717) is 27.8 Å². The number of sulfonamides is 1. The lowest BCUT2D eigenvalue weighted by Gasteiger charge is -2.29. The number of halogens is 1. The summed E-state index contributed by atoms with van der Waals surface area (Å²) in [5, 5.41) is 3.24. The fourth-order valence-corrected chi connectivity index (χ4v) is 4.09. The summed E-state index contributed by atoms with van der Waals surface area (Å²) in [6.07, 6.45) is 1.04. The molecule has 2 aromatic rings. The van der Waals surface area contributed by atoms with Crippen molar-refractivity contribution in [2.45, 2.75) is 19.9 Å². The number of hydrogen-bond donors (Lipinski definition) is 1. The fraction of sp³-hybridized carbons (Fsp3) is 0.316. The predicted octanol–water partition coefficient (Wildman–Crippen LogP) is 3.46. The number of anilines is 2. The van der Waals surface area contributed by atoms with Gasteiger partial charge in [-0.15, -0.1) is 0 Å². The molecule has 0 heterocycles. The van der Waals surface area contributed by atoms with Gasteiger partial charge in [0, 0.05) is 16.8 Å². The van der Waals surface area contributed by atoms with Crippen LogP contribution in [0, 0.1) is 6.92 Å². The minimum absolute atomic E-state index is 0.283. The van der Waals surface area contributed by atoms with Crippen molar-refractivity contribution in [3.8, 4) is 11.5 Å². The number of nitrogens with one attached hydrogen (secondary N) is 1. The Labute approximate surface area is 170 Å². The molecule has 0 spiro atoms. The van der Waals surface area contributed by atoms with Crippen LogP contribution in [0.25, 0.3) is 0 Å². The summed E-state index contributed by atoms with van der Waals surface area (Å²) in [4.78, 5) is 12.8. The van der Waals surface area contributed by atoms with Crippen molar-refractivity contribution in [3.63, 3.8) is 0 Å². The normalized spacial score (nSPS) is 12.2. The quantitative estimate of drug-likeness (QED) is 0.732. The first kappa shape index (κ1) is 21.8. The maximum Gasteiger partial charge on any atom is 0.248 e. The average molecular weight is 427 g/mol. The number of ether oxygens (including phenoxy) is 2. The van der Waals surface area contributed by atoms with E-state index >= 15 is 0 Å². The van der Waals surface area contributed by atoms with Crippen molar-refractivity contribution in [1.82, 2.24) is 0 Å². The highest BCUT2D eigenvalue weighted by molar-refractivity contribution is 7.92. The van der Waals surface area contributed by atoms with Crippen LogP contribution in [0.15, 0.2) is 36.4 Å². The second-order valence-electron chi connectivity index (χ2n) is 6.18. The number of amides is 1. The highest BCUT2D eigenvalue weighted by atomic mass is 35.5. The van der Waals surface area contributed by atoms with Crippen LogP contribution in [0.5, 0.6) is 11.5 Å². The van der Waals surface area contributed by atoms with Gasteiger partial charge < -0.3 is 14.8 Å². The Hall–Kier alpha value is -2.45. The molecule has 0 saturated carbocycles. The zero-order valence-electron chi connectivity index (χ0n) is 16.3. The van der Waals surface area contributed by atoms with Crippen molar-refractivity contribution in [2.24, 2.45) is 0 Å². The predicted molar refractivity (Wildman–Crippen MR) is 111 cm³/mol. The first-order valence-electron chi connectivity index (χ1n) is 8.37. The van der Waals surface area contributed by atoms with Crippen molar-refractivity contribution >= 4 is 38.9 Å². The summed E-state index contributed by atoms with van der Waals surface area (Å²) in [6, 6.07) is 8.74. The summed E-state index contributed by atoms with van der Waals surface area (Å²) >= 11 is 6.09. The van der Waals surface area contributed by atoms with E-state index in [9.17, 15) is 13.2 Å². The van der Waals surface area contributed by atoms with Gasteiger partial charge in [0.05, 0.1) is 26.2 Å². The van der Waals surface area contributed by atoms with Gasteiger partial charge in [0.1, 0.15) is 6.04 Å². The minimum atomic E-state index is -3.77. The lowest BCUT2D eigenvalue weighted by Crippen LogP contribution is -2.45. The van der Waals surface area contributed by atoms with Crippen molar-refractivity contribution in [3.05, 3.63) is 47.0 Å². The van der Waals surface area contributed by atoms with Gasteiger partial charge >= 0.3 is 0 Å². The standard InChI is InChI=1S/C19H23ClN2O5S/c1-12-15(20)7-6-8-16(12)21-19(23)13(2)22(28(5,24)25)14-9-10-17(26-3)18(11-14)27-4/h6-11,13H,1-5H3,(H,21,23)/t13-/m1/s1. The molecule has 2 rings (SSSR count). The summed E-state index contributed by atoms with van der Waals surface area (Å²) < 4.78 is 36.4. The molecule has 0 unspecified atom stereocenters. The molecule has 152 valence electrons. The first-order valence-corrected chi connectivity index (χ1v) is 10.6. The molecule has 0 radical (unpaired) electrons. The van der Waals surface area contributed by atoms with E-state index in [-0.39, 0.29) is 5.69 Å². The zero-order valence-corrected chi connectivity index (χ0v) is 17.9. The molecular weight excluding hydrogens is 404 g/mol. The number of rotatable bonds is 7. The topological polar surface area (TPSA) is 84.9 Å². The van der Waals surface area contributed by atoms with E-state index < -0.39 is 22.0 Å². The maximum absolute atomic E-state index is 12.8. The van der Waals surface area contributed by atoms with Crippen molar-refractivity contribution < 1.29 is 22.7 Å². The Bertz CT molecular complexity index is 978.